The van der Waals surface area contributed by atoms with E-state index in [-0.39, 0.29) is 112 Å². The third kappa shape index (κ3) is 34.8. The summed E-state index contributed by atoms with van der Waals surface area (Å²) in [6.45, 7) is 11.1. The standard InChI is InChI=1S/C32H55NO17/c1-3-7-49-31(37)27-47-23-19-41-13-11-39-9-5-33(6-10-40-12-14-42-20-24-48-28-32(38)50-8-4-2)29(34)25-45-21-17-43-15-16-44-18-22-46-26-30(35)36/h3-4H,1-2,5-28H2,(H,35,36). The molecular formula is C32H55NO17. The minimum atomic E-state index is -1.04. The van der Waals surface area contributed by atoms with Crippen LogP contribution >= 0.6 is 0 Å². The molecule has 0 aliphatic rings. The normalized spacial score (nSPS) is 10.9. The lowest BCUT2D eigenvalue weighted by Gasteiger charge is -2.23. The van der Waals surface area contributed by atoms with Crippen LogP contribution in [0.4, 0.5) is 0 Å². The summed E-state index contributed by atoms with van der Waals surface area (Å²) in [4.78, 5) is 47.4. The Labute approximate surface area is 293 Å². The number of rotatable bonds is 39. The Hall–Kier alpha value is -3.04. The van der Waals surface area contributed by atoms with E-state index in [1.807, 2.05) is 0 Å². The highest BCUT2D eigenvalue weighted by Crippen LogP contribution is 1.95. The molecule has 50 heavy (non-hydrogen) atoms. The van der Waals surface area contributed by atoms with Crippen molar-refractivity contribution in [1.82, 2.24) is 4.90 Å². The first kappa shape index (κ1) is 47.0. The van der Waals surface area contributed by atoms with Crippen molar-refractivity contribution in [2.75, 3.05) is 158 Å². The number of hydrogen-bond donors (Lipinski definition) is 1. The van der Waals surface area contributed by atoms with Crippen molar-refractivity contribution in [1.29, 1.82) is 0 Å². The maximum absolute atomic E-state index is 12.8. The molecule has 0 heterocycles. The number of carboxylic acid groups (broad SMARTS) is 1. The molecule has 0 rings (SSSR count). The first-order valence-electron chi connectivity index (χ1n) is 16.2. The topological polar surface area (TPSA) is 203 Å². The number of carboxylic acids is 1. The lowest BCUT2D eigenvalue weighted by molar-refractivity contribution is -0.149. The van der Waals surface area contributed by atoms with Crippen LogP contribution < -0.4 is 0 Å². The van der Waals surface area contributed by atoms with E-state index in [9.17, 15) is 19.2 Å². The molecular weight excluding hydrogens is 670 g/mol. The molecule has 0 saturated heterocycles. The van der Waals surface area contributed by atoms with Gasteiger partial charge >= 0.3 is 17.9 Å². The summed E-state index contributed by atoms with van der Waals surface area (Å²) in [6.07, 6.45) is 2.94. The first-order valence-corrected chi connectivity index (χ1v) is 16.2. The highest BCUT2D eigenvalue weighted by molar-refractivity contribution is 5.77. The molecule has 1 amide bonds. The van der Waals surface area contributed by atoms with Crippen molar-refractivity contribution in [2.45, 2.75) is 0 Å². The Morgan fingerprint density at radius 1 is 0.440 bits per heavy atom. The lowest BCUT2D eigenvalue weighted by atomic mass is 10.4. The van der Waals surface area contributed by atoms with Crippen molar-refractivity contribution >= 4 is 23.8 Å². The van der Waals surface area contributed by atoms with Crippen molar-refractivity contribution in [3.8, 4) is 0 Å². The maximum Gasteiger partial charge on any atom is 0.332 e. The van der Waals surface area contributed by atoms with E-state index in [0.29, 0.717) is 52.7 Å². The van der Waals surface area contributed by atoms with Gasteiger partial charge in [0.15, 0.2) is 0 Å². The molecule has 0 unspecified atom stereocenters. The van der Waals surface area contributed by atoms with E-state index < -0.39 is 17.9 Å². The molecule has 0 aromatic heterocycles. The molecule has 0 aromatic rings. The van der Waals surface area contributed by atoms with Crippen LogP contribution in [0.1, 0.15) is 0 Å². The van der Waals surface area contributed by atoms with Crippen molar-refractivity contribution in [3.05, 3.63) is 25.3 Å². The predicted octanol–water partition coefficient (Wildman–Crippen LogP) is -0.476. The van der Waals surface area contributed by atoms with Gasteiger partial charge in [-0.2, -0.15) is 0 Å². The van der Waals surface area contributed by atoms with Crippen LogP contribution in [0.25, 0.3) is 0 Å². The summed E-state index contributed by atoms with van der Waals surface area (Å²) in [6, 6.07) is 0. The van der Waals surface area contributed by atoms with E-state index in [2.05, 4.69) is 13.2 Å². The second-order valence-corrected chi connectivity index (χ2v) is 9.60. The maximum atomic E-state index is 12.8. The van der Waals surface area contributed by atoms with Gasteiger partial charge in [0.1, 0.15) is 39.6 Å². The largest absolute Gasteiger partial charge is 0.480 e. The minimum Gasteiger partial charge on any atom is -0.480 e. The van der Waals surface area contributed by atoms with Gasteiger partial charge in [-0.3, -0.25) is 4.79 Å². The van der Waals surface area contributed by atoms with Crippen molar-refractivity contribution in [3.63, 3.8) is 0 Å². The highest BCUT2D eigenvalue weighted by atomic mass is 16.6. The van der Waals surface area contributed by atoms with Gasteiger partial charge in [0.25, 0.3) is 0 Å². The molecule has 290 valence electrons. The average molecular weight is 726 g/mol. The van der Waals surface area contributed by atoms with Crippen LogP contribution in [0.15, 0.2) is 25.3 Å². The van der Waals surface area contributed by atoms with Gasteiger partial charge in [-0.15, -0.1) is 0 Å². The highest BCUT2D eigenvalue weighted by Gasteiger charge is 2.14. The molecule has 0 fully saturated rings. The number of carbonyl (C=O) groups excluding carboxylic acids is 3. The average Bonchev–Trinajstić information content (AvgIpc) is 3.10. The monoisotopic (exact) mass is 725 g/mol. The number of aliphatic carboxylic acids is 1. The molecule has 0 atom stereocenters. The number of ether oxygens (including phenoxy) is 12. The van der Waals surface area contributed by atoms with E-state index in [4.69, 9.17) is 61.9 Å². The summed E-state index contributed by atoms with van der Waals surface area (Å²) in [5, 5.41) is 8.49. The molecule has 0 aliphatic heterocycles. The molecule has 1 N–H and O–H groups in total. The van der Waals surface area contributed by atoms with Crippen molar-refractivity contribution < 1.29 is 81.1 Å². The zero-order chi connectivity index (χ0) is 36.8. The predicted molar refractivity (Wildman–Crippen MR) is 175 cm³/mol. The third-order valence-electron chi connectivity index (χ3n) is 5.58. The molecule has 0 aromatic carbocycles. The summed E-state index contributed by atoms with van der Waals surface area (Å²) in [5.74, 6) is -2.24. The molecule has 18 heteroatoms. The Morgan fingerprint density at radius 3 is 1.08 bits per heavy atom. The van der Waals surface area contributed by atoms with Gasteiger partial charge in [-0.1, -0.05) is 25.3 Å². The summed E-state index contributed by atoms with van der Waals surface area (Å²) >= 11 is 0. The molecule has 0 saturated carbocycles. The summed E-state index contributed by atoms with van der Waals surface area (Å²) < 4.78 is 62.9. The van der Waals surface area contributed by atoms with Crippen LogP contribution in [-0.2, 0) is 76.0 Å². The number of carbonyl (C=O) groups is 4. The molecule has 0 bridgehead atoms. The second-order valence-electron chi connectivity index (χ2n) is 9.60. The smallest absolute Gasteiger partial charge is 0.332 e. The SMILES string of the molecule is C=CCOC(=O)COCCOCCOCCN(CCOCCOCCOCC(=O)OCC=C)C(=O)COCCOCCOCCOCC(=O)O. The van der Waals surface area contributed by atoms with Crippen LogP contribution in [0, 0.1) is 0 Å². The molecule has 0 aliphatic carbocycles. The van der Waals surface area contributed by atoms with E-state index in [1.54, 1.807) is 4.90 Å². The first-order chi connectivity index (χ1) is 24.4. The van der Waals surface area contributed by atoms with Crippen molar-refractivity contribution in [2.24, 2.45) is 0 Å². The summed E-state index contributed by atoms with van der Waals surface area (Å²) in [7, 11) is 0. The molecule has 18 nitrogen and oxygen atoms in total. The van der Waals surface area contributed by atoms with Gasteiger partial charge in [-0.05, 0) is 0 Å². The van der Waals surface area contributed by atoms with E-state index in [0.717, 1.165) is 0 Å². The zero-order valence-corrected chi connectivity index (χ0v) is 29.0. The quantitative estimate of drug-likeness (QED) is 0.0483. The van der Waals surface area contributed by atoms with Crippen LogP contribution in [0.2, 0.25) is 0 Å². The Bertz CT molecular complexity index is 832. The Balaban J connectivity index is 4.19. The number of hydrogen-bond acceptors (Lipinski definition) is 16. The number of nitrogens with zero attached hydrogens (tertiary/aromatic N) is 1. The second kappa shape index (κ2) is 37.2. The lowest BCUT2D eigenvalue weighted by Crippen LogP contribution is -2.39. The fraction of sp³-hybridized carbons (Fsp3) is 0.750. The fourth-order valence-corrected chi connectivity index (χ4v) is 3.26. The number of esters is 2. The molecule has 0 spiro atoms. The molecule has 0 radical (unpaired) electrons. The van der Waals surface area contributed by atoms with Gasteiger partial charge in [-0.25, -0.2) is 14.4 Å². The van der Waals surface area contributed by atoms with Crippen LogP contribution in [0.3, 0.4) is 0 Å². The van der Waals surface area contributed by atoms with Gasteiger partial charge in [0.05, 0.1) is 106 Å². The van der Waals surface area contributed by atoms with Gasteiger partial charge in [0.2, 0.25) is 5.91 Å². The number of amides is 1. The Kier molecular flexibility index (Phi) is 35.0. The summed E-state index contributed by atoms with van der Waals surface area (Å²) in [5.41, 5.74) is 0. The minimum absolute atomic E-state index is 0.133. The third-order valence-corrected chi connectivity index (χ3v) is 5.58. The van der Waals surface area contributed by atoms with E-state index >= 15 is 0 Å². The zero-order valence-electron chi connectivity index (χ0n) is 29.0. The van der Waals surface area contributed by atoms with Crippen LogP contribution in [0.5, 0.6) is 0 Å². The van der Waals surface area contributed by atoms with Gasteiger partial charge in [0, 0.05) is 13.1 Å². The Morgan fingerprint density at radius 2 is 0.740 bits per heavy atom. The van der Waals surface area contributed by atoms with Crippen LogP contribution in [-0.4, -0.2) is 192 Å². The fourth-order valence-electron chi connectivity index (χ4n) is 3.26. The van der Waals surface area contributed by atoms with E-state index in [1.165, 1.54) is 12.2 Å². The van der Waals surface area contributed by atoms with Gasteiger partial charge < -0.3 is 66.8 Å².